The molecule has 2 fully saturated rings. The molecule has 1 N–H and O–H groups in total. The van der Waals surface area contributed by atoms with Crippen molar-refractivity contribution in [2.75, 3.05) is 24.5 Å². The lowest BCUT2D eigenvalue weighted by Gasteiger charge is -2.36. The zero-order valence-corrected chi connectivity index (χ0v) is 13.7. The van der Waals surface area contributed by atoms with E-state index in [2.05, 4.69) is 15.2 Å². The molecule has 1 saturated carbocycles. The van der Waals surface area contributed by atoms with E-state index >= 15 is 0 Å². The third kappa shape index (κ3) is 3.47. The number of fused-ring (bicyclic) bond motifs is 1. The van der Waals surface area contributed by atoms with Gasteiger partial charge in [0.2, 0.25) is 0 Å². The lowest BCUT2D eigenvalue weighted by Crippen LogP contribution is -2.51. The number of anilines is 1. The van der Waals surface area contributed by atoms with Gasteiger partial charge >= 0.3 is 0 Å². The Morgan fingerprint density at radius 2 is 1.91 bits per heavy atom. The fourth-order valence-corrected chi connectivity index (χ4v) is 4.12. The molecule has 23 heavy (non-hydrogen) atoms. The Labute approximate surface area is 138 Å². The average Bonchev–Trinajstić information content (AvgIpc) is 2.62. The van der Waals surface area contributed by atoms with Crippen LogP contribution in [0, 0.1) is 5.92 Å². The van der Waals surface area contributed by atoms with Gasteiger partial charge in [-0.05, 0) is 24.5 Å². The molecule has 0 bridgehead atoms. The standard InChI is InChI=1S/C19H26N4/c1-2-6-15(7-3-1)12-16-14-23(11-10-20-16)19-13-21-17-8-4-5-9-18(17)22-19/h4-5,8-9,13,15-16,20H,1-3,6-7,10-12,14H2/t16-/m1/s1. The zero-order chi connectivity index (χ0) is 15.5. The average molecular weight is 310 g/mol. The van der Waals surface area contributed by atoms with Crippen LogP contribution in [0.3, 0.4) is 0 Å². The van der Waals surface area contributed by atoms with Crippen molar-refractivity contribution in [3.05, 3.63) is 30.5 Å². The molecule has 1 atom stereocenters. The van der Waals surface area contributed by atoms with Crippen LogP contribution < -0.4 is 10.2 Å². The van der Waals surface area contributed by atoms with Gasteiger partial charge in [0.25, 0.3) is 0 Å². The molecule has 1 aromatic heterocycles. The number of para-hydroxylation sites is 2. The highest BCUT2D eigenvalue weighted by Crippen LogP contribution is 2.28. The van der Waals surface area contributed by atoms with Crippen LogP contribution in [-0.2, 0) is 0 Å². The number of benzene rings is 1. The second kappa shape index (κ2) is 6.83. The Hall–Kier alpha value is -1.68. The molecule has 1 aromatic carbocycles. The Bertz CT molecular complexity index is 651. The maximum absolute atomic E-state index is 4.82. The van der Waals surface area contributed by atoms with Crippen LogP contribution in [0.25, 0.3) is 11.0 Å². The second-order valence-electron chi connectivity index (χ2n) is 7.05. The summed E-state index contributed by atoms with van der Waals surface area (Å²) in [6, 6.07) is 8.72. The molecular weight excluding hydrogens is 284 g/mol. The van der Waals surface area contributed by atoms with E-state index in [-0.39, 0.29) is 0 Å². The first-order valence-corrected chi connectivity index (χ1v) is 9.08. The number of piperazine rings is 1. The maximum atomic E-state index is 4.82. The SMILES string of the molecule is c1ccc2nc(N3CCN[C@H](CC4CCCCC4)C3)cnc2c1. The first-order chi connectivity index (χ1) is 11.4. The van der Waals surface area contributed by atoms with Gasteiger partial charge in [0, 0.05) is 25.7 Å². The number of aromatic nitrogens is 2. The summed E-state index contributed by atoms with van der Waals surface area (Å²) in [6.07, 6.45) is 10.4. The van der Waals surface area contributed by atoms with Crippen molar-refractivity contribution in [2.45, 2.75) is 44.6 Å². The Morgan fingerprint density at radius 1 is 1.09 bits per heavy atom. The van der Waals surface area contributed by atoms with E-state index in [1.165, 1.54) is 38.5 Å². The lowest BCUT2D eigenvalue weighted by molar-refractivity contribution is 0.289. The van der Waals surface area contributed by atoms with Gasteiger partial charge in [-0.25, -0.2) is 4.98 Å². The van der Waals surface area contributed by atoms with Crippen molar-refractivity contribution in [1.29, 1.82) is 0 Å². The van der Waals surface area contributed by atoms with E-state index in [4.69, 9.17) is 4.98 Å². The van der Waals surface area contributed by atoms with Crippen molar-refractivity contribution in [2.24, 2.45) is 5.92 Å². The van der Waals surface area contributed by atoms with Crippen LogP contribution in [-0.4, -0.2) is 35.6 Å². The molecule has 0 spiro atoms. The van der Waals surface area contributed by atoms with E-state index in [0.29, 0.717) is 6.04 Å². The highest BCUT2D eigenvalue weighted by Gasteiger charge is 2.24. The molecule has 1 aliphatic heterocycles. The molecule has 4 nitrogen and oxygen atoms in total. The summed E-state index contributed by atoms with van der Waals surface area (Å²) in [5.41, 5.74) is 1.97. The van der Waals surface area contributed by atoms with E-state index < -0.39 is 0 Å². The molecular formula is C19H26N4. The number of rotatable bonds is 3. The predicted octanol–water partition coefficient (Wildman–Crippen LogP) is 3.38. The normalized spacial score (nSPS) is 23.3. The van der Waals surface area contributed by atoms with Crippen LogP contribution >= 0.6 is 0 Å². The molecule has 2 aromatic rings. The van der Waals surface area contributed by atoms with Crippen molar-refractivity contribution in [3.8, 4) is 0 Å². The summed E-state index contributed by atoms with van der Waals surface area (Å²) in [7, 11) is 0. The van der Waals surface area contributed by atoms with Gasteiger partial charge in [-0.1, -0.05) is 44.2 Å². The highest BCUT2D eigenvalue weighted by atomic mass is 15.2. The third-order valence-electron chi connectivity index (χ3n) is 5.36. The minimum atomic E-state index is 0.597. The largest absolute Gasteiger partial charge is 0.352 e. The minimum Gasteiger partial charge on any atom is -0.352 e. The first kappa shape index (κ1) is 14.9. The summed E-state index contributed by atoms with van der Waals surface area (Å²) < 4.78 is 0. The molecule has 1 saturated heterocycles. The number of nitrogens with zero attached hydrogens (tertiary/aromatic N) is 3. The molecule has 0 radical (unpaired) electrons. The molecule has 1 aliphatic carbocycles. The fourth-order valence-electron chi connectivity index (χ4n) is 4.12. The summed E-state index contributed by atoms with van der Waals surface area (Å²) in [4.78, 5) is 11.8. The third-order valence-corrected chi connectivity index (χ3v) is 5.36. The van der Waals surface area contributed by atoms with Gasteiger partial charge < -0.3 is 10.2 Å². The molecule has 0 unspecified atom stereocenters. The molecule has 2 aliphatic rings. The van der Waals surface area contributed by atoms with Gasteiger partial charge in [-0.2, -0.15) is 0 Å². The maximum Gasteiger partial charge on any atom is 0.147 e. The monoisotopic (exact) mass is 310 g/mol. The van der Waals surface area contributed by atoms with E-state index in [0.717, 1.165) is 42.4 Å². The van der Waals surface area contributed by atoms with Gasteiger partial charge in [0.05, 0.1) is 17.2 Å². The van der Waals surface area contributed by atoms with Crippen molar-refractivity contribution in [3.63, 3.8) is 0 Å². The van der Waals surface area contributed by atoms with Crippen molar-refractivity contribution < 1.29 is 0 Å². The van der Waals surface area contributed by atoms with Crippen LogP contribution in [0.1, 0.15) is 38.5 Å². The van der Waals surface area contributed by atoms with E-state index in [1.54, 1.807) is 0 Å². The summed E-state index contributed by atoms with van der Waals surface area (Å²) >= 11 is 0. The lowest BCUT2D eigenvalue weighted by atomic mass is 9.84. The van der Waals surface area contributed by atoms with Crippen molar-refractivity contribution >= 4 is 16.9 Å². The molecule has 2 heterocycles. The Morgan fingerprint density at radius 3 is 2.78 bits per heavy atom. The van der Waals surface area contributed by atoms with Crippen LogP contribution in [0.15, 0.2) is 30.5 Å². The summed E-state index contributed by atoms with van der Waals surface area (Å²) in [5.74, 6) is 1.95. The quantitative estimate of drug-likeness (QED) is 0.943. The van der Waals surface area contributed by atoms with Crippen molar-refractivity contribution in [1.82, 2.24) is 15.3 Å². The van der Waals surface area contributed by atoms with Crippen LogP contribution in [0.4, 0.5) is 5.82 Å². The minimum absolute atomic E-state index is 0.597. The van der Waals surface area contributed by atoms with Crippen LogP contribution in [0.2, 0.25) is 0 Å². The second-order valence-corrected chi connectivity index (χ2v) is 7.05. The fraction of sp³-hybridized carbons (Fsp3) is 0.579. The topological polar surface area (TPSA) is 41.1 Å². The molecule has 4 heteroatoms. The number of hydrogen-bond acceptors (Lipinski definition) is 4. The number of nitrogens with one attached hydrogen (secondary N) is 1. The molecule has 0 amide bonds. The highest BCUT2D eigenvalue weighted by molar-refractivity contribution is 5.75. The van der Waals surface area contributed by atoms with Crippen LogP contribution in [0.5, 0.6) is 0 Å². The summed E-state index contributed by atoms with van der Waals surface area (Å²) in [6.45, 7) is 3.13. The van der Waals surface area contributed by atoms with Gasteiger partial charge in [0.15, 0.2) is 0 Å². The molecule has 4 rings (SSSR count). The smallest absolute Gasteiger partial charge is 0.147 e. The van der Waals surface area contributed by atoms with Gasteiger partial charge in [-0.3, -0.25) is 4.98 Å². The van der Waals surface area contributed by atoms with Gasteiger partial charge in [-0.15, -0.1) is 0 Å². The molecule has 122 valence electrons. The Kier molecular flexibility index (Phi) is 4.42. The first-order valence-electron chi connectivity index (χ1n) is 9.08. The zero-order valence-electron chi connectivity index (χ0n) is 13.7. The predicted molar refractivity (Wildman–Crippen MR) is 94.7 cm³/mol. The summed E-state index contributed by atoms with van der Waals surface area (Å²) in [5, 5.41) is 3.71. The van der Waals surface area contributed by atoms with Gasteiger partial charge in [0.1, 0.15) is 5.82 Å². The number of hydrogen-bond donors (Lipinski definition) is 1. The van der Waals surface area contributed by atoms with E-state index in [1.807, 2.05) is 30.5 Å². The van der Waals surface area contributed by atoms with E-state index in [9.17, 15) is 0 Å². The Balaban J connectivity index is 1.45.